The van der Waals surface area contributed by atoms with Crippen molar-refractivity contribution in [1.29, 1.82) is 0 Å². The fourth-order valence-electron chi connectivity index (χ4n) is 3.00. The summed E-state index contributed by atoms with van der Waals surface area (Å²) in [6.07, 6.45) is 3.60. The number of nitrogens with zero attached hydrogens (tertiary/aromatic N) is 1. The summed E-state index contributed by atoms with van der Waals surface area (Å²) < 4.78 is 10.7. The summed E-state index contributed by atoms with van der Waals surface area (Å²) in [7, 11) is 1.62. The average molecular weight is 361 g/mol. The van der Waals surface area contributed by atoms with E-state index in [1.165, 1.54) is 0 Å². The maximum absolute atomic E-state index is 12.3. The number of hydrogen-bond acceptors (Lipinski definition) is 4. The molecule has 3 rings (SSSR count). The van der Waals surface area contributed by atoms with Gasteiger partial charge < -0.3 is 25.0 Å². The highest BCUT2D eigenvalue weighted by Crippen LogP contribution is 2.21. The molecule has 0 spiro atoms. The van der Waals surface area contributed by atoms with Crippen molar-refractivity contribution >= 4 is 11.9 Å². The second-order valence-corrected chi connectivity index (χ2v) is 6.80. The van der Waals surface area contributed by atoms with Crippen LogP contribution < -0.4 is 20.1 Å². The van der Waals surface area contributed by atoms with E-state index in [1.54, 1.807) is 7.11 Å². The number of urea groups is 1. The Hall–Kier alpha value is -2.44. The zero-order valence-corrected chi connectivity index (χ0v) is 15.2. The molecule has 1 aliphatic carbocycles. The number of nitrogens with one attached hydrogen (secondary N) is 2. The van der Waals surface area contributed by atoms with E-state index in [2.05, 4.69) is 10.6 Å². The third-order valence-corrected chi connectivity index (χ3v) is 4.79. The van der Waals surface area contributed by atoms with Crippen LogP contribution in [0.4, 0.5) is 4.79 Å². The number of piperidine rings is 1. The van der Waals surface area contributed by atoms with Crippen LogP contribution in [0.3, 0.4) is 0 Å². The first-order chi connectivity index (χ1) is 12.7. The summed E-state index contributed by atoms with van der Waals surface area (Å²) in [5.74, 6) is 1.55. The molecule has 0 aromatic heterocycles. The Bertz CT molecular complexity index is 608. The van der Waals surface area contributed by atoms with Crippen molar-refractivity contribution in [2.24, 2.45) is 5.92 Å². The maximum Gasteiger partial charge on any atom is 0.317 e. The molecule has 1 aromatic carbocycles. The molecule has 0 atom stereocenters. The summed E-state index contributed by atoms with van der Waals surface area (Å²) in [4.78, 5) is 26.1. The topological polar surface area (TPSA) is 79.9 Å². The van der Waals surface area contributed by atoms with Crippen molar-refractivity contribution in [2.75, 3.05) is 33.4 Å². The van der Waals surface area contributed by atoms with Crippen LogP contribution in [0, 0.1) is 5.92 Å². The van der Waals surface area contributed by atoms with Gasteiger partial charge in [-0.2, -0.15) is 0 Å². The van der Waals surface area contributed by atoms with Gasteiger partial charge in [0, 0.05) is 25.0 Å². The van der Waals surface area contributed by atoms with E-state index >= 15 is 0 Å². The van der Waals surface area contributed by atoms with Crippen molar-refractivity contribution in [2.45, 2.75) is 31.7 Å². The molecule has 0 unspecified atom stereocenters. The zero-order chi connectivity index (χ0) is 18.4. The molecule has 26 heavy (non-hydrogen) atoms. The third kappa shape index (κ3) is 5.28. The lowest BCUT2D eigenvalue weighted by Crippen LogP contribution is -2.47. The van der Waals surface area contributed by atoms with Crippen LogP contribution >= 0.6 is 0 Å². The normalized spacial score (nSPS) is 17.5. The molecule has 142 valence electrons. The maximum atomic E-state index is 12.3. The molecule has 3 amide bonds. The highest BCUT2D eigenvalue weighted by molar-refractivity contribution is 5.79. The van der Waals surface area contributed by atoms with Crippen molar-refractivity contribution in [3.8, 4) is 11.5 Å². The molecule has 7 nitrogen and oxygen atoms in total. The largest absolute Gasteiger partial charge is 0.497 e. The van der Waals surface area contributed by atoms with Gasteiger partial charge in [-0.25, -0.2) is 4.79 Å². The molecule has 0 bridgehead atoms. The summed E-state index contributed by atoms with van der Waals surface area (Å²) in [5.41, 5.74) is 0. The number of methoxy groups -OCH3 is 1. The fraction of sp³-hybridized carbons (Fsp3) is 0.579. The number of hydrogen-bond donors (Lipinski definition) is 2. The van der Waals surface area contributed by atoms with Gasteiger partial charge in [-0.15, -0.1) is 0 Å². The van der Waals surface area contributed by atoms with E-state index in [4.69, 9.17) is 9.47 Å². The van der Waals surface area contributed by atoms with Gasteiger partial charge in [0.15, 0.2) is 0 Å². The Kier molecular flexibility index (Phi) is 6.20. The van der Waals surface area contributed by atoms with Crippen LogP contribution in [0.5, 0.6) is 11.5 Å². The number of carbonyl (C=O) groups excluding carboxylic acids is 2. The summed E-state index contributed by atoms with van der Waals surface area (Å²) >= 11 is 0. The highest BCUT2D eigenvalue weighted by atomic mass is 16.5. The molecule has 1 heterocycles. The first-order valence-electron chi connectivity index (χ1n) is 9.25. The van der Waals surface area contributed by atoms with E-state index in [9.17, 15) is 9.59 Å². The van der Waals surface area contributed by atoms with Gasteiger partial charge in [0.1, 0.15) is 18.1 Å². The molecule has 1 aromatic rings. The summed E-state index contributed by atoms with van der Waals surface area (Å²) in [6.45, 7) is 2.16. The minimum Gasteiger partial charge on any atom is -0.497 e. The highest BCUT2D eigenvalue weighted by Gasteiger charge is 2.30. The summed E-state index contributed by atoms with van der Waals surface area (Å²) in [6, 6.07) is 7.72. The van der Waals surface area contributed by atoms with E-state index in [0.717, 1.165) is 24.3 Å². The molecule has 1 saturated carbocycles. The minimum atomic E-state index is -0.0269. The Balaban J connectivity index is 1.30. The lowest BCUT2D eigenvalue weighted by Gasteiger charge is -2.31. The second-order valence-electron chi connectivity index (χ2n) is 6.80. The number of benzene rings is 1. The molecule has 0 radical (unpaired) electrons. The number of ether oxygens (including phenoxy) is 2. The van der Waals surface area contributed by atoms with Gasteiger partial charge in [0.2, 0.25) is 5.91 Å². The molecule has 2 N–H and O–H groups in total. The van der Waals surface area contributed by atoms with Crippen LogP contribution in [0.15, 0.2) is 24.3 Å². The standard InChI is InChI=1S/C19H27N3O4/c1-25-16-4-6-17(7-5-16)26-13-10-20-18(23)14-8-11-22(12-9-14)19(24)21-15-2-3-15/h4-7,14-15H,2-3,8-13H2,1H3,(H,20,23)(H,21,24). The molecular formula is C19H27N3O4. The van der Waals surface area contributed by atoms with E-state index in [0.29, 0.717) is 45.1 Å². The predicted molar refractivity (Wildman–Crippen MR) is 97.3 cm³/mol. The van der Waals surface area contributed by atoms with Crippen molar-refractivity contribution < 1.29 is 19.1 Å². The predicted octanol–water partition coefficient (Wildman–Crippen LogP) is 1.77. The van der Waals surface area contributed by atoms with E-state index < -0.39 is 0 Å². The minimum absolute atomic E-state index is 0.0132. The average Bonchev–Trinajstić information content (AvgIpc) is 3.49. The van der Waals surface area contributed by atoms with Crippen molar-refractivity contribution in [3.05, 3.63) is 24.3 Å². The van der Waals surface area contributed by atoms with Gasteiger partial charge in [-0.1, -0.05) is 0 Å². The second kappa shape index (κ2) is 8.78. The van der Waals surface area contributed by atoms with Gasteiger partial charge >= 0.3 is 6.03 Å². The SMILES string of the molecule is COc1ccc(OCCNC(=O)C2CCN(C(=O)NC3CC3)CC2)cc1. The Morgan fingerprint density at radius 2 is 1.73 bits per heavy atom. The van der Waals surface area contributed by atoms with Crippen LogP contribution in [-0.2, 0) is 4.79 Å². The first-order valence-corrected chi connectivity index (χ1v) is 9.25. The Morgan fingerprint density at radius 3 is 2.35 bits per heavy atom. The molecule has 7 heteroatoms. The quantitative estimate of drug-likeness (QED) is 0.726. The number of rotatable bonds is 7. The zero-order valence-electron chi connectivity index (χ0n) is 15.2. The molecular weight excluding hydrogens is 334 g/mol. The number of likely N-dealkylation sites (tertiary alicyclic amines) is 1. The van der Waals surface area contributed by atoms with Crippen molar-refractivity contribution in [3.63, 3.8) is 0 Å². The number of amides is 3. The summed E-state index contributed by atoms with van der Waals surface area (Å²) in [5, 5.41) is 5.92. The van der Waals surface area contributed by atoms with Gasteiger partial charge in [0.25, 0.3) is 0 Å². The molecule has 2 aliphatic rings. The van der Waals surface area contributed by atoms with Gasteiger partial charge in [0.05, 0.1) is 13.7 Å². The first kappa shape index (κ1) is 18.4. The molecule has 1 saturated heterocycles. The van der Waals surface area contributed by atoms with Crippen LogP contribution in [-0.4, -0.2) is 56.2 Å². The Morgan fingerprint density at radius 1 is 1.08 bits per heavy atom. The van der Waals surface area contributed by atoms with Crippen LogP contribution in [0.2, 0.25) is 0 Å². The van der Waals surface area contributed by atoms with E-state index in [-0.39, 0.29) is 17.9 Å². The lowest BCUT2D eigenvalue weighted by molar-refractivity contribution is -0.126. The monoisotopic (exact) mass is 361 g/mol. The molecule has 1 aliphatic heterocycles. The van der Waals surface area contributed by atoms with Crippen LogP contribution in [0.1, 0.15) is 25.7 Å². The Labute approximate surface area is 154 Å². The lowest BCUT2D eigenvalue weighted by atomic mass is 9.96. The number of carbonyl (C=O) groups is 2. The fourth-order valence-corrected chi connectivity index (χ4v) is 3.00. The van der Waals surface area contributed by atoms with Gasteiger partial charge in [-0.05, 0) is 49.9 Å². The third-order valence-electron chi connectivity index (χ3n) is 4.79. The van der Waals surface area contributed by atoms with Gasteiger partial charge in [-0.3, -0.25) is 4.79 Å². The van der Waals surface area contributed by atoms with Crippen LogP contribution in [0.25, 0.3) is 0 Å². The smallest absolute Gasteiger partial charge is 0.317 e. The van der Waals surface area contributed by atoms with Crippen molar-refractivity contribution in [1.82, 2.24) is 15.5 Å². The van der Waals surface area contributed by atoms with E-state index in [1.807, 2.05) is 29.2 Å². The molecule has 2 fully saturated rings.